The van der Waals surface area contributed by atoms with Crippen molar-refractivity contribution in [2.75, 3.05) is 11.0 Å². The number of fused-ring (bicyclic) bond motifs is 1. The first kappa shape index (κ1) is 15.9. The van der Waals surface area contributed by atoms with Crippen molar-refractivity contribution in [3.63, 3.8) is 0 Å². The molecule has 0 fully saturated rings. The van der Waals surface area contributed by atoms with E-state index in [4.69, 9.17) is 21.4 Å². The van der Waals surface area contributed by atoms with Crippen molar-refractivity contribution in [1.29, 1.82) is 0 Å². The molecule has 122 valence electrons. The highest BCUT2D eigenvalue weighted by Gasteiger charge is 2.35. The van der Waals surface area contributed by atoms with Crippen LogP contribution in [0, 0.1) is 5.82 Å². The van der Waals surface area contributed by atoms with Crippen molar-refractivity contribution in [1.82, 2.24) is 0 Å². The zero-order valence-corrected chi connectivity index (χ0v) is 13.0. The van der Waals surface area contributed by atoms with E-state index in [1.165, 1.54) is 24.3 Å². The molecule has 3 N–H and O–H groups in total. The topological polar surface area (TPSA) is 90.2 Å². The molecule has 9 heteroatoms. The molecule has 3 rings (SSSR count). The summed E-state index contributed by atoms with van der Waals surface area (Å²) in [6.45, 7) is -0.305. The molecule has 0 spiro atoms. The van der Waals surface area contributed by atoms with Gasteiger partial charge in [0.2, 0.25) is 0 Å². The number of carbonyl (C=O) groups is 1. The van der Waals surface area contributed by atoms with Gasteiger partial charge in [0.25, 0.3) is 0 Å². The molecule has 6 nitrogen and oxygen atoms in total. The van der Waals surface area contributed by atoms with E-state index >= 15 is 0 Å². The molecule has 0 saturated heterocycles. The van der Waals surface area contributed by atoms with E-state index in [-0.39, 0.29) is 33.6 Å². The summed E-state index contributed by atoms with van der Waals surface area (Å²) in [6, 6.07) is 7.50. The first-order valence-corrected chi connectivity index (χ1v) is 8.20. The van der Waals surface area contributed by atoms with Crippen LogP contribution in [0.3, 0.4) is 0 Å². The summed E-state index contributed by atoms with van der Waals surface area (Å²) in [7, 11) is -3.58. The average molecular weight is 360 g/mol. The Kier molecular flexibility index (Phi) is 3.85. The van der Waals surface area contributed by atoms with Crippen molar-refractivity contribution < 1.29 is 28.1 Å². The molecule has 0 atom stereocenters. The van der Waals surface area contributed by atoms with E-state index in [0.29, 0.717) is 0 Å². The van der Waals surface area contributed by atoms with Gasteiger partial charge in [-0.1, -0.05) is 22.4 Å². The number of hydrogen-bond acceptors (Lipinski definition) is 5. The predicted octanol–water partition coefficient (Wildman–Crippen LogP) is 4.06. The Bertz CT molecular complexity index is 801. The van der Waals surface area contributed by atoms with Gasteiger partial charge in [-0.15, -0.1) is 0 Å². The van der Waals surface area contributed by atoms with Crippen LogP contribution >= 0.6 is 22.4 Å². The smallest absolute Gasteiger partial charge is 0.335 e. The van der Waals surface area contributed by atoms with E-state index in [1.54, 1.807) is 0 Å². The quantitative estimate of drug-likeness (QED) is 0.749. The van der Waals surface area contributed by atoms with Crippen molar-refractivity contribution in [3.8, 4) is 5.75 Å². The molecule has 0 aliphatic carbocycles. The minimum atomic E-state index is -3.58. The molecule has 0 radical (unpaired) electrons. The summed E-state index contributed by atoms with van der Waals surface area (Å²) < 4.78 is 41.6. The first-order valence-electron chi connectivity index (χ1n) is 6.32. The van der Waals surface area contributed by atoms with Crippen molar-refractivity contribution in [3.05, 3.63) is 52.8 Å². The van der Waals surface area contributed by atoms with Crippen molar-refractivity contribution >= 4 is 34.0 Å². The van der Waals surface area contributed by atoms with Gasteiger partial charge in [-0.3, -0.25) is 9.11 Å². The van der Waals surface area contributed by atoms with E-state index in [2.05, 4.69) is 0 Å². The highest BCUT2D eigenvalue weighted by Crippen LogP contribution is 2.59. The van der Waals surface area contributed by atoms with Gasteiger partial charge in [0.1, 0.15) is 16.5 Å². The van der Waals surface area contributed by atoms with Crippen LogP contribution in [0.5, 0.6) is 5.75 Å². The Hall–Kier alpha value is -2.00. The third-order valence-electron chi connectivity index (χ3n) is 3.31. The highest BCUT2D eigenvalue weighted by atomic mass is 35.5. The van der Waals surface area contributed by atoms with Gasteiger partial charge in [0.15, 0.2) is 6.73 Å². The maximum absolute atomic E-state index is 14.2. The van der Waals surface area contributed by atoms with Crippen molar-refractivity contribution in [2.45, 2.75) is 4.90 Å². The van der Waals surface area contributed by atoms with Gasteiger partial charge in [-0.05, 0) is 36.4 Å². The summed E-state index contributed by atoms with van der Waals surface area (Å²) in [5.74, 6) is -1.94. The maximum atomic E-state index is 14.2. The van der Waals surface area contributed by atoms with Crippen LogP contribution in [0.2, 0.25) is 5.02 Å². The fraction of sp³-hybridized carbons (Fsp3) is 0.0714. The van der Waals surface area contributed by atoms with Gasteiger partial charge in [-0.2, -0.15) is 0 Å². The number of anilines is 1. The molecule has 0 amide bonds. The zero-order valence-electron chi connectivity index (χ0n) is 11.4. The standard InChI is InChI=1S/C14H11ClFNO5S/c15-9-2-4-12-13(6-9)23(20,21)17(7-22-12)11-3-1-8(14(18)19)5-10(11)16/h1-6,20-21H,7H2,(H,18,19). The van der Waals surface area contributed by atoms with Crippen LogP contribution < -0.4 is 9.04 Å². The van der Waals surface area contributed by atoms with E-state index < -0.39 is 22.6 Å². The van der Waals surface area contributed by atoms with Gasteiger partial charge in [0, 0.05) is 5.02 Å². The van der Waals surface area contributed by atoms with Gasteiger partial charge in [-0.25, -0.2) is 13.5 Å². The lowest BCUT2D eigenvalue weighted by Crippen LogP contribution is -2.36. The highest BCUT2D eigenvalue weighted by molar-refractivity contribution is 8.25. The van der Waals surface area contributed by atoms with E-state index in [9.17, 15) is 18.3 Å². The fourth-order valence-electron chi connectivity index (χ4n) is 2.18. The third kappa shape index (κ3) is 2.70. The summed E-state index contributed by atoms with van der Waals surface area (Å²) >= 11 is 5.86. The van der Waals surface area contributed by atoms with Gasteiger partial charge in [0.05, 0.1) is 11.3 Å². The second-order valence-electron chi connectivity index (χ2n) is 4.73. The van der Waals surface area contributed by atoms with Gasteiger partial charge < -0.3 is 9.84 Å². The van der Waals surface area contributed by atoms with Crippen LogP contribution in [0.1, 0.15) is 10.4 Å². The second kappa shape index (κ2) is 5.57. The maximum Gasteiger partial charge on any atom is 0.335 e. The van der Waals surface area contributed by atoms with Crippen LogP contribution in [0.4, 0.5) is 10.1 Å². The number of halogens is 2. The minimum absolute atomic E-state index is 0.0398. The number of carboxylic acids is 1. The number of aromatic carboxylic acids is 1. The normalized spacial score (nSPS) is 17.1. The molecule has 0 bridgehead atoms. The van der Waals surface area contributed by atoms with Crippen LogP contribution in [0.25, 0.3) is 0 Å². The van der Waals surface area contributed by atoms with E-state index in [1.807, 2.05) is 0 Å². The number of carboxylic acid groups (broad SMARTS) is 1. The molecular formula is C14H11ClFNO5S. The second-order valence-corrected chi connectivity index (χ2v) is 7.09. The molecule has 1 aliphatic rings. The number of nitrogens with zero attached hydrogens (tertiary/aromatic N) is 1. The molecule has 2 aromatic rings. The first-order chi connectivity index (χ1) is 10.8. The van der Waals surface area contributed by atoms with E-state index in [0.717, 1.165) is 16.4 Å². The fourth-order valence-corrected chi connectivity index (χ4v) is 3.96. The lowest BCUT2D eigenvalue weighted by atomic mass is 10.2. The van der Waals surface area contributed by atoms with Crippen LogP contribution in [0.15, 0.2) is 41.3 Å². The van der Waals surface area contributed by atoms with Crippen LogP contribution in [-0.4, -0.2) is 26.9 Å². The van der Waals surface area contributed by atoms with Crippen LogP contribution in [-0.2, 0) is 0 Å². The lowest BCUT2D eigenvalue weighted by molar-refractivity contribution is 0.0696. The lowest BCUT2D eigenvalue weighted by Gasteiger charge is -2.47. The summed E-state index contributed by atoms with van der Waals surface area (Å²) in [5.41, 5.74) is -0.426. The Labute approximate surface area is 137 Å². The van der Waals surface area contributed by atoms with Gasteiger partial charge >= 0.3 is 5.97 Å². The molecule has 0 unspecified atom stereocenters. The minimum Gasteiger partial charge on any atom is -0.478 e. The summed E-state index contributed by atoms with van der Waals surface area (Å²) in [5, 5.41) is 9.13. The molecule has 2 aromatic carbocycles. The number of ether oxygens (including phenoxy) is 1. The summed E-state index contributed by atoms with van der Waals surface area (Å²) in [4.78, 5) is 10.9. The molecular weight excluding hydrogens is 349 g/mol. The zero-order chi connectivity index (χ0) is 16.8. The number of hydrogen-bond donors (Lipinski definition) is 3. The molecule has 1 heterocycles. The molecule has 0 aromatic heterocycles. The summed E-state index contributed by atoms with van der Waals surface area (Å²) in [6.07, 6.45) is 0. The Morgan fingerprint density at radius 2 is 2.00 bits per heavy atom. The SMILES string of the molecule is O=C(O)c1ccc(N2COc3ccc(Cl)cc3S2(O)O)c(F)c1. The number of benzene rings is 2. The Balaban J connectivity index is 2.06. The molecule has 1 aliphatic heterocycles. The average Bonchev–Trinajstić information content (AvgIpc) is 2.48. The Morgan fingerprint density at radius 3 is 2.65 bits per heavy atom. The monoisotopic (exact) mass is 359 g/mol. The van der Waals surface area contributed by atoms with Crippen molar-refractivity contribution in [2.24, 2.45) is 0 Å². The number of rotatable bonds is 2. The molecule has 0 saturated carbocycles. The predicted molar refractivity (Wildman–Crippen MR) is 83.9 cm³/mol. The largest absolute Gasteiger partial charge is 0.478 e. The Morgan fingerprint density at radius 1 is 1.26 bits per heavy atom. The molecule has 23 heavy (non-hydrogen) atoms. The third-order valence-corrected chi connectivity index (χ3v) is 5.37.